The minimum absolute atomic E-state index is 0.101. The molecule has 0 bridgehead atoms. The SMILES string of the molecule is CC(=O)Nc1nccc2cc(C)ccc12. The highest BCUT2D eigenvalue weighted by molar-refractivity contribution is 5.99. The van der Waals surface area contributed by atoms with Gasteiger partial charge >= 0.3 is 0 Å². The summed E-state index contributed by atoms with van der Waals surface area (Å²) in [6.45, 7) is 3.52. The van der Waals surface area contributed by atoms with Crippen molar-refractivity contribution >= 4 is 22.5 Å². The molecule has 15 heavy (non-hydrogen) atoms. The standard InChI is InChI=1S/C12H12N2O/c1-8-3-4-11-10(7-8)5-6-13-12(11)14-9(2)15/h3-7H,1-2H3,(H,13,14,15). The second kappa shape index (κ2) is 3.69. The number of rotatable bonds is 1. The van der Waals surface area contributed by atoms with E-state index in [0.717, 1.165) is 10.8 Å². The molecule has 0 atom stereocenters. The predicted octanol–water partition coefficient (Wildman–Crippen LogP) is 2.50. The van der Waals surface area contributed by atoms with E-state index in [9.17, 15) is 4.79 Å². The van der Waals surface area contributed by atoms with Crippen molar-refractivity contribution in [3.8, 4) is 0 Å². The molecule has 3 heteroatoms. The van der Waals surface area contributed by atoms with E-state index in [1.807, 2.05) is 25.1 Å². The quantitative estimate of drug-likeness (QED) is 0.768. The number of amides is 1. The van der Waals surface area contributed by atoms with Crippen LogP contribution < -0.4 is 5.32 Å². The van der Waals surface area contributed by atoms with Gasteiger partial charge in [-0.25, -0.2) is 4.98 Å². The van der Waals surface area contributed by atoms with Crippen molar-refractivity contribution in [1.82, 2.24) is 4.98 Å². The van der Waals surface area contributed by atoms with Crippen LogP contribution in [0.3, 0.4) is 0 Å². The molecule has 2 rings (SSSR count). The van der Waals surface area contributed by atoms with Gasteiger partial charge in [-0.3, -0.25) is 4.79 Å². The number of nitrogens with zero attached hydrogens (tertiary/aromatic N) is 1. The minimum Gasteiger partial charge on any atom is -0.310 e. The third-order valence-corrected chi connectivity index (χ3v) is 2.21. The van der Waals surface area contributed by atoms with Crippen molar-refractivity contribution < 1.29 is 4.79 Å². The Morgan fingerprint density at radius 3 is 2.87 bits per heavy atom. The van der Waals surface area contributed by atoms with Crippen LogP contribution in [-0.4, -0.2) is 10.9 Å². The van der Waals surface area contributed by atoms with E-state index in [0.29, 0.717) is 5.82 Å². The monoisotopic (exact) mass is 200 g/mol. The lowest BCUT2D eigenvalue weighted by Gasteiger charge is -2.05. The molecule has 0 aliphatic heterocycles. The highest BCUT2D eigenvalue weighted by Crippen LogP contribution is 2.21. The minimum atomic E-state index is -0.101. The van der Waals surface area contributed by atoms with Crippen LogP contribution in [-0.2, 0) is 4.79 Å². The highest BCUT2D eigenvalue weighted by Gasteiger charge is 2.03. The van der Waals surface area contributed by atoms with Crippen LogP contribution in [0.25, 0.3) is 10.8 Å². The van der Waals surface area contributed by atoms with Gasteiger partial charge in [-0.15, -0.1) is 0 Å². The maximum atomic E-state index is 11.0. The van der Waals surface area contributed by atoms with Gasteiger partial charge in [-0.05, 0) is 18.4 Å². The van der Waals surface area contributed by atoms with Crippen molar-refractivity contribution in [3.05, 3.63) is 36.0 Å². The van der Waals surface area contributed by atoms with Crippen molar-refractivity contribution in [3.63, 3.8) is 0 Å². The third kappa shape index (κ3) is 1.96. The zero-order chi connectivity index (χ0) is 10.8. The summed E-state index contributed by atoms with van der Waals surface area (Å²) in [6.07, 6.45) is 1.70. The van der Waals surface area contributed by atoms with Gasteiger partial charge in [0.2, 0.25) is 5.91 Å². The van der Waals surface area contributed by atoms with Crippen molar-refractivity contribution in [2.24, 2.45) is 0 Å². The van der Waals surface area contributed by atoms with Gasteiger partial charge in [0.05, 0.1) is 0 Å². The number of pyridine rings is 1. The molecule has 2 aromatic rings. The molecule has 0 aliphatic rings. The molecule has 76 valence electrons. The fourth-order valence-corrected chi connectivity index (χ4v) is 1.56. The van der Waals surface area contributed by atoms with E-state index < -0.39 is 0 Å². The fourth-order valence-electron chi connectivity index (χ4n) is 1.56. The number of benzene rings is 1. The average Bonchev–Trinajstić information content (AvgIpc) is 2.16. The lowest BCUT2D eigenvalue weighted by molar-refractivity contribution is -0.114. The van der Waals surface area contributed by atoms with Gasteiger partial charge in [0.25, 0.3) is 0 Å². The van der Waals surface area contributed by atoms with Crippen LogP contribution in [0.5, 0.6) is 0 Å². The molecule has 0 unspecified atom stereocenters. The zero-order valence-electron chi connectivity index (χ0n) is 8.74. The molecule has 1 amide bonds. The van der Waals surface area contributed by atoms with E-state index in [1.165, 1.54) is 12.5 Å². The van der Waals surface area contributed by atoms with Gasteiger partial charge in [0.15, 0.2) is 0 Å². The van der Waals surface area contributed by atoms with Crippen molar-refractivity contribution in [2.45, 2.75) is 13.8 Å². The maximum absolute atomic E-state index is 11.0. The summed E-state index contributed by atoms with van der Waals surface area (Å²) < 4.78 is 0. The number of nitrogens with one attached hydrogen (secondary N) is 1. The molecule has 0 radical (unpaired) electrons. The highest BCUT2D eigenvalue weighted by atomic mass is 16.1. The Labute approximate surface area is 88.1 Å². The van der Waals surface area contributed by atoms with Crippen molar-refractivity contribution in [2.75, 3.05) is 5.32 Å². The smallest absolute Gasteiger partial charge is 0.222 e. The topological polar surface area (TPSA) is 42.0 Å². The second-order valence-electron chi connectivity index (χ2n) is 3.57. The van der Waals surface area contributed by atoms with Crippen LogP contribution in [0.2, 0.25) is 0 Å². The Morgan fingerprint density at radius 1 is 1.33 bits per heavy atom. The molecule has 3 nitrogen and oxygen atoms in total. The molecule has 1 N–H and O–H groups in total. The van der Waals surface area contributed by atoms with Crippen LogP contribution in [0, 0.1) is 6.92 Å². The Morgan fingerprint density at radius 2 is 2.13 bits per heavy atom. The largest absolute Gasteiger partial charge is 0.310 e. The first-order valence-corrected chi connectivity index (χ1v) is 4.80. The van der Waals surface area contributed by atoms with E-state index >= 15 is 0 Å². The Kier molecular flexibility index (Phi) is 2.37. The molecule has 0 saturated carbocycles. The van der Waals surface area contributed by atoms with E-state index in [4.69, 9.17) is 0 Å². The summed E-state index contributed by atoms with van der Waals surface area (Å²) in [5.74, 6) is 0.524. The number of fused-ring (bicyclic) bond motifs is 1. The zero-order valence-corrected chi connectivity index (χ0v) is 8.74. The van der Waals surface area contributed by atoms with Gasteiger partial charge in [-0.1, -0.05) is 23.8 Å². The lowest BCUT2D eigenvalue weighted by Crippen LogP contribution is -2.07. The summed E-state index contributed by atoms with van der Waals surface area (Å²) in [7, 11) is 0. The van der Waals surface area contributed by atoms with Crippen LogP contribution in [0.1, 0.15) is 12.5 Å². The first-order chi connectivity index (χ1) is 7.16. The molecule has 1 aromatic carbocycles. The van der Waals surface area contributed by atoms with Crippen LogP contribution in [0.4, 0.5) is 5.82 Å². The number of carbonyl (C=O) groups excluding carboxylic acids is 1. The summed E-state index contributed by atoms with van der Waals surface area (Å²) in [4.78, 5) is 15.1. The van der Waals surface area contributed by atoms with Crippen LogP contribution in [0.15, 0.2) is 30.5 Å². The van der Waals surface area contributed by atoms with E-state index in [2.05, 4.69) is 16.4 Å². The summed E-state index contributed by atoms with van der Waals surface area (Å²) in [5.41, 5.74) is 1.20. The third-order valence-electron chi connectivity index (χ3n) is 2.21. The number of hydrogen-bond donors (Lipinski definition) is 1. The summed E-state index contributed by atoms with van der Waals surface area (Å²) >= 11 is 0. The molecule has 0 spiro atoms. The molecular formula is C12H12N2O. The van der Waals surface area contributed by atoms with Gasteiger partial charge < -0.3 is 5.32 Å². The summed E-state index contributed by atoms with van der Waals surface area (Å²) in [6, 6.07) is 7.99. The predicted molar refractivity (Wildman–Crippen MR) is 60.8 cm³/mol. The number of hydrogen-bond acceptors (Lipinski definition) is 2. The summed E-state index contributed by atoms with van der Waals surface area (Å²) in [5, 5.41) is 4.78. The van der Waals surface area contributed by atoms with Gasteiger partial charge in [0.1, 0.15) is 5.82 Å². The fraction of sp³-hybridized carbons (Fsp3) is 0.167. The Balaban J connectivity index is 2.60. The van der Waals surface area contributed by atoms with E-state index in [1.54, 1.807) is 6.20 Å². The molecule has 1 aromatic heterocycles. The first kappa shape index (κ1) is 9.65. The average molecular weight is 200 g/mol. The molecule has 0 fully saturated rings. The normalized spacial score (nSPS) is 10.3. The van der Waals surface area contributed by atoms with E-state index in [-0.39, 0.29) is 5.91 Å². The molecule has 0 aliphatic carbocycles. The number of aryl methyl sites for hydroxylation is 1. The lowest BCUT2D eigenvalue weighted by atomic mass is 10.1. The Bertz CT molecular complexity index is 520. The van der Waals surface area contributed by atoms with Gasteiger partial charge in [-0.2, -0.15) is 0 Å². The molecule has 0 saturated heterocycles. The van der Waals surface area contributed by atoms with Gasteiger partial charge in [0, 0.05) is 18.5 Å². The maximum Gasteiger partial charge on any atom is 0.222 e. The molecular weight excluding hydrogens is 188 g/mol. The first-order valence-electron chi connectivity index (χ1n) is 4.80. The number of carbonyl (C=O) groups is 1. The Hall–Kier alpha value is -1.90. The molecule has 1 heterocycles. The van der Waals surface area contributed by atoms with Crippen LogP contribution >= 0.6 is 0 Å². The number of aromatic nitrogens is 1. The number of anilines is 1. The second-order valence-corrected chi connectivity index (χ2v) is 3.57. The van der Waals surface area contributed by atoms with Crippen molar-refractivity contribution in [1.29, 1.82) is 0 Å².